The fraction of sp³-hybridized carbons (Fsp3) is 0.977. The van der Waals surface area contributed by atoms with Gasteiger partial charge in [-0.1, -0.05) is 27.7 Å². The fourth-order valence-corrected chi connectivity index (χ4v) is 13.2. The first-order valence-corrected chi connectivity index (χ1v) is 22.9. The zero-order valence-electron chi connectivity index (χ0n) is 36.3. The second-order valence-corrected chi connectivity index (χ2v) is 20.5. The minimum absolute atomic E-state index is 0.0393. The summed E-state index contributed by atoms with van der Waals surface area (Å²) in [6, 6.07) is 0. The number of carbonyl (C=O) groups is 1. The number of ketones is 1. The highest BCUT2D eigenvalue weighted by atomic mass is 16.8. The van der Waals surface area contributed by atoms with E-state index >= 15 is 0 Å². The number of rotatable bonds is 13. The molecule has 0 radical (unpaired) electrons. The summed E-state index contributed by atoms with van der Waals surface area (Å²) >= 11 is 0. The number of Topliss-reactive ketones (excluding diaryl/α,β-unsaturated/α-hetero) is 1. The Balaban J connectivity index is 0.969. The molecule has 4 aliphatic carbocycles. The van der Waals surface area contributed by atoms with Gasteiger partial charge in [0.25, 0.3) is 0 Å². The molecule has 25 atom stereocenters. The van der Waals surface area contributed by atoms with Crippen molar-refractivity contribution in [2.45, 2.75) is 197 Å². The summed E-state index contributed by atoms with van der Waals surface area (Å²) in [5.74, 6) is 1.50. The van der Waals surface area contributed by atoms with Gasteiger partial charge in [-0.15, -0.1) is 0 Å². The summed E-state index contributed by atoms with van der Waals surface area (Å²) in [5.41, 5.74) is -0.0871. The first kappa shape index (κ1) is 48.0. The van der Waals surface area contributed by atoms with Crippen LogP contribution in [0.3, 0.4) is 0 Å². The molecule has 0 bridgehead atoms. The lowest BCUT2D eigenvalue weighted by Gasteiger charge is -2.61. The van der Waals surface area contributed by atoms with Crippen molar-refractivity contribution >= 4 is 5.78 Å². The maximum absolute atomic E-state index is 13.4. The van der Waals surface area contributed by atoms with Crippen molar-refractivity contribution in [3.63, 3.8) is 0 Å². The zero-order chi connectivity index (χ0) is 44.3. The third-order valence-electron chi connectivity index (χ3n) is 16.9. The third-order valence-corrected chi connectivity index (χ3v) is 16.9. The lowest BCUT2D eigenvalue weighted by Crippen LogP contribution is -2.66. The molecule has 3 aliphatic heterocycles. The first-order chi connectivity index (χ1) is 28.8. The van der Waals surface area contributed by atoms with Crippen LogP contribution in [0.25, 0.3) is 0 Å². The molecule has 7 rings (SSSR count). The van der Waals surface area contributed by atoms with Crippen molar-refractivity contribution in [1.82, 2.24) is 0 Å². The van der Waals surface area contributed by atoms with Crippen molar-refractivity contribution < 1.29 is 84.3 Å². The van der Waals surface area contributed by atoms with E-state index in [9.17, 15) is 55.9 Å². The van der Waals surface area contributed by atoms with Gasteiger partial charge in [-0.2, -0.15) is 0 Å². The topological polar surface area (TPSA) is 275 Å². The fourth-order valence-electron chi connectivity index (χ4n) is 13.2. The first-order valence-electron chi connectivity index (χ1n) is 22.9. The van der Waals surface area contributed by atoms with Crippen molar-refractivity contribution in [2.75, 3.05) is 19.8 Å². The average Bonchev–Trinajstić information content (AvgIpc) is 3.51. The van der Waals surface area contributed by atoms with Gasteiger partial charge < -0.3 is 79.5 Å². The number of aliphatic hydroxyl groups is 10. The van der Waals surface area contributed by atoms with E-state index in [0.717, 1.165) is 38.5 Å². The number of hydrogen-bond donors (Lipinski definition) is 10. The summed E-state index contributed by atoms with van der Waals surface area (Å²) < 4.78 is 35.4. The molecule has 3 saturated heterocycles. The van der Waals surface area contributed by atoms with E-state index in [1.165, 1.54) is 6.92 Å². The monoisotopic (exact) mass is 874 g/mol. The molecule has 10 N–H and O–H groups in total. The number of carbonyl (C=O) groups excluding carboxylic acids is 1. The van der Waals surface area contributed by atoms with Crippen LogP contribution < -0.4 is 0 Å². The lowest BCUT2D eigenvalue weighted by atomic mass is 9.44. The molecule has 4 saturated carbocycles. The Bertz CT molecular complexity index is 1470. The third kappa shape index (κ3) is 9.00. The molecule has 352 valence electrons. The second kappa shape index (κ2) is 19.1. The van der Waals surface area contributed by atoms with Crippen LogP contribution in [0.5, 0.6) is 0 Å². The van der Waals surface area contributed by atoms with Crippen molar-refractivity contribution in [3.05, 3.63) is 0 Å². The van der Waals surface area contributed by atoms with Crippen LogP contribution in [0.4, 0.5) is 0 Å². The summed E-state index contributed by atoms with van der Waals surface area (Å²) in [5, 5.41) is 106. The predicted octanol–water partition coefficient (Wildman–Crippen LogP) is -0.270. The smallest absolute Gasteiger partial charge is 0.187 e. The Morgan fingerprint density at radius 1 is 0.705 bits per heavy atom. The summed E-state index contributed by atoms with van der Waals surface area (Å²) in [6.07, 6.45) is -13.5. The molecule has 17 heteroatoms. The highest BCUT2D eigenvalue weighted by Crippen LogP contribution is 2.68. The van der Waals surface area contributed by atoms with Gasteiger partial charge in [0.05, 0.1) is 31.5 Å². The minimum atomic E-state index is -1.73. The molecule has 17 nitrogen and oxygen atoms in total. The minimum Gasteiger partial charge on any atom is -0.396 e. The Labute approximate surface area is 358 Å². The van der Waals surface area contributed by atoms with Crippen molar-refractivity contribution in [1.29, 1.82) is 0 Å². The molecule has 0 aromatic heterocycles. The molecule has 0 aromatic carbocycles. The van der Waals surface area contributed by atoms with Crippen LogP contribution in [-0.4, -0.2) is 175 Å². The average molecular weight is 875 g/mol. The van der Waals surface area contributed by atoms with Crippen LogP contribution >= 0.6 is 0 Å². The molecule has 7 fully saturated rings. The van der Waals surface area contributed by atoms with Gasteiger partial charge in [0.15, 0.2) is 18.9 Å². The van der Waals surface area contributed by atoms with Gasteiger partial charge in [0.2, 0.25) is 0 Å². The van der Waals surface area contributed by atoms with Gasteiger partial charge in [-0.25, -0.2) is 0 Å². The number of fused-ring (bicyclic) bond motifs is 5. The highest BCUT2D eigenvalue weighted by Gasteiger charge is 2.64. The van der Waals surface area contributed by atoms with Crippen molar-refractivity contribution in [2.24, 2.45) is 52.3 Å². The molecule has 1 unspecified atom stereocenters. The van der Waals surface area contributed by atoms with Crippen LogP contribution in [0.2, 0.25) is 0 Å². The molecular weight excluding hydrogens is 800 g/mol. The van der Waals surface area contributed by atoms with Gasteiger partial charge in [-0.05, 0) is 111 Å². The number of aliphatic hydroxyl groups excluding tert-OH is 10. The SMILES string of the molecule is CC(CO)CCC(=O)[C@@H](C)[C@H]1[C@H](O)C[C@H]2[C@@H]3CC[C@H]4C[C@@H](O[C@@H]5O[C@H](CO)[C@@H](O[C@@H]6O[C@@H](C)[C@H](O)[C@@H](O)[C@H]6O[C@@H]6OC[C@@H](O)[C@H](O)[C@H]6O)[C@H](O)[C@H]5O)CC[C@]4(C)[C@H]3CC[C@]12C. The van der Waals surface area contributed by atoms with Gasteiger partial charge in [-0.3, -0.25) is 4.79 Å². The molecule has 3 heterocycles. The Kier molecular flexibility index (Phi) is 15.0. The van der Waals surface area contributed by atoms with E-state index in [0.29, 0.717) is 49.4 Å². The Hall–Kier alpha value is -0.970. The van der Waals surface area contributed by atoms with E-state index in [2.05, 4.69) is 13.8 Å². The summed E-state index contributed by atoms with van der Waals surface area (Å²) in [6.45, 7) is 9.14. The molecule has 61 heavy (non-hydrogen) atoms. The van der Waals surface area contributed by atoms with E-state index < -0.39 is 105 Å². The van der Waals surface area contributed by atoms with Gasteiger partial charge in [0, 0.05) is 18.9 Å². The maximum atomic E-state index is 13.4. The number of hydrogen-bond acceptors (Lipinski definition) is 17. The summed E-state index contributed by atoms with van der Waals surface area (Å²) in [7, 11) is 0. The largest absolute Gasteiger partial charge is 0.396 e. The van der Waals surface area contributed by atoms with E-state index in [-0.39, 0.29) is 47.1 Å². The van der Waals surface area contributed by atoms with E-state index in [4.69, 9.17) is 28.4 Å². The van der Waals surface area contributed by atoms with Gasteiger partial charge in [0.1, 0.15) is 66.8 Å². The van der Waals surface area contributed by atoms with Gasteiger partial charge >= 0.3 is 0 Å². The number of ether oxygens (including phenoxy) is 6. The predicted molar refractivity (Wildman–Crippen MR) is 213 cm³/mol. The lowest BCUT2D eigenvalue weighted by molar-refractivity contribution is -0.383. The quantitative estimate of drug-likeness (QED) is 0.107. The van der Waals surface area contributed by atoms with Crippen LogP contribution in [0.15, 0.2) is 0 Å². The van der Waals surface area contributed by atoms with E-state index in [1.807, 2.05) is 13.8 Å². The normalized spacial score (nSPS) is 52.4. The maximum Gasteiger partial charge on any atom is 0.187 e. The molecular formula is C44H74O17. The molecule has 0 aromatic rings. The highest BCUT2D eigenvalue weighted by molar-refractivity contribution is 5.81. The molecule has 7 aliphatic rings. The van der Waals surface area contributed by atoms with Crippen molar-refractivity contribution in [3.8, 4) is 0 Å². The van der Waals surface area contributed by atoms with Crippen LogP contribution in [0.1, 0.15) is 98.8 Å². The standard InChI is InChI=1S/C44H74O17/c1-19(16-45)6-9-27(47)20(2)31-28(48)15-26-24-8-7-22-14-23(10-12-43(22,4)25(24)11-13-44(26,31)5)58-41-37(55)35(53)38(30(17-46)59-41)60-42-39(34(52)32(50)21(3)57-42)61-40-36(54)33(51)29(49)18-56-40/h19-26,28-42,45-46,48-55H,6-18H2,1-5H3/t19?,20-,21+,22+,23+,24-,25+,26+,28-,29-,30-,31+,32+,33+,34-,35-,36-,37-,38-,39-,40+,41-,42+,43+,44+/m1/s1. The molecule has 0 spiro atoms. The Morgan fingerprint density at radius 3 is 2.08 bits per heavy atom. The van der Waals surface area contributed by atoms with E-state index in [1.54, 1.807) is 0 Å². The van der Waals surface area contributed by atoms with Crippen LogP contribution in [-0.2, 0) is 33.2 Å². The van der Waals surface area contributed by atoms with Crippen LogP contribution in [0, 0.1) is 52.3 Å². The Morgan fingerprint density at radius 2 is 1.38 bits per heavy atom. The second-order valence-electron chi connectivity index (χ2n) is 20.5. The summed E-state index contributed by atoms with van der Waals surface area (Å²) in [4.78, 5) is 13.4. The zero-order valence-corrected chi connectivity index (χ0v) is 36.3. The molecule has 0 amide bonds.